The van der Waals surface area contributed by atoms with Crippen molar-refractivity contribution in [2.45, 2.75) is 0 Å². The van der Waals surface area contributed by atoms with E-state index in [-0.39, 0.29) is 17.4 Å². The molecule has 0 aliphatic carbocycles. The summed E-state index contributed by atoms with van der Waals surface area (Å²) in [5.74, 6) is 0.477. The van der Waals surface area contributed by atoms with Crippen molar-refractivity contribution in [2.24, 2.45) is 0 Å². The number of methoxy groups -OCH3 is 1. The van der Waals surface area contributed by atoms with E-state index in [9.17, 15) is 4.79 Å². The predicted molar refractivity (Wildman–Crippen MR) is 67.4 cm³/mol. The Hall–Kier alpha value is -2.63. The maximum Gasteiger partial charge on any atom is 0.275 e. The van der Waals surface area contributed by atoms with Crippen molar-refractivity contribution in [2.75, 3.05) is 18.2 Å². The molecule has 0 saturated carbocycles. The summed E-state index contributed by atoms with van der Waals surface area (Å²) in [7, 11) is 1.54. The van der Waals surface area contributed by atoms with E-state index in [0.717, 1.165) is 0 Å². The summed E-state index contributed by atoms with van der Waals surface area (Å²) < 4.78 is 5.13. The van der Waals surface area contributed by atoms with E-state index in [1.165, 1.54) is 19.5 Å². The highest BCUT2D eigenvalue weighted by Crippen LogP contribution is 2.23. The van der Waals surface area contributed by atoms with Crippen LogP contribution in [0.1, 0.15) is 10.5 Å². The van der Waals surface area contributed by atoms with Crippen molar-refractivity contribution in [3.63, 3.8) is 0 Å². The molecule has 2 aromatic rings. The Morgan fingerprint density at radius 2 is 2.06 bits per heavy atom. The van der Waals surface area contributed by atoms with Gasteiger partial charge < -0.3 is 15.8 Å². The van der Waals surface area contributed by atoms with Crippen LogP contribution in [0.2, 0.25) is 0 Å². The van der Waals surface area contributed by atoms with E-state index in [2.05, 4.69) is 15.3 Å². The molecule has 1 heterocycles. The molecular formula is C12H12N4O2. The number of ether oxygens (including phenoxy) is 1. The Bertz CT molecular complexity index is 554. The Morgan fingerprint density at radius 3 is 2.72 bits per heavy atom. The number of hydrogen-bond acceptors (Lipinski definition) is 5. The first-order chi connectivity index (χ1) is 8.70. The molecule has 3 N–H and O–H groups in total. The topological polar surface area (TPSA) is 90.1 Å². The van der Waals surface area contributed by atoms with E-state index in [4.69, 9.17) is 10.5 Å². The Labute approximate surface area is 104 Å². The molecule has 0 radical (unpaired) electrons. The molecule has 1 aromatic carbocycles. The molecule has 6 nitrogen and oxygen atoms in total. The van der Waals surface area contributed by atoms with Gasteiger partial charge in [-0.25, -0.2) is 9.97 Å². The molecule has 0 bridgehead atoms. The number of nitrogens with two attached hydrogens (primary N) is 1. The first-order valence-corrected chi connectivity index (χ1v) is 5.22. The maximum absolute atomic E-state index is 11.9. The average Bonchev–Trinajstić information content (AvgIpc) is 2.40. The summed E-state index contributed by atoms with van der Waals surface area (Å²) in [6.07, 6.45) is 2.65. The van der Waals surface area contributed by atoms with E-state index in [1.807, 2.05) is 6.07 Å². The van der Waals surface area contributed by atoms with Crippen molar-refractivity contribution < 1.29 is 9.53 Å². The number of nitrogen functional groups attached to an aromatic ring is 1. The lowest BCUT2D eigenvalue weighted by molar-refractivity contribution is 0.102. The van der Waals surface area contributed by atoms with Gasteiger partial charge in [0.1, 0.15) is 17.3 Å². The highest BCUT2D eigenvalue weighted by Gasteiger charge is 2.10. The van der Waals surface area contributed by atoms with Gasteiger partial charge in [0.2, 0.25) is 0 Å². The second kappa shape index (κ2) is 5.13. The third kappa shape index (κ3) is 2.54. The van der Waals surface area contributed by atoms with E-state index in [0.29, 0.717) is 11.4 Å². The van der Waals surface area contributed by atoms with Gasteiger partial charge in [0, 0.05) is 0 Å². The van der Waals surface area contributed by atoms with Gasteiger partial charge in [-0.2, -0.15) is 0 Å². The van der Waals surface area contributed by atoms with Gasteiger partial charge in [-0.15, -0.1) is 0 Å². The predicted octanol–water partition coefficient (Wildman–Crippen LogP) is 1.32. The highest BCUT2D eigenvalue weighted by molar-refractivity contribution is 6.03. The van der Waals surface area contributed by atoms with E-state index in [1.54, 1.807) is 18.2 Å². The van der Waals surface area contributed by atoms with Crippen molar-refractivity contribution >= 4 is 17.4 Å². The standard InChI is InChI=1S/C12H12N4O2/c1-18-10-5-3-2-4-8(10)16-12(17)9-6-15-11(13)7-14-9/h2-7H,1H3,(H2,13,15)(H,16,17). The minimum Gasteiger partial charge on any atom is -0.495 e. The SMILES string of the molecule is COc1ccccc1NC(=O)c1cnc(N)cn1. The van der Waals surface area contributed by atoms with Crippen molar-refractivity contribution in [3.05, 3.63) is 42.4 Å². The van der Waals surface area contributed by atoms with Gasteiger partial charge in [0.05, 0.1) is 25.2 Å². The van der Waals surface area contributed by atoms with Crippen LogP contribution in [0, 0.1) is 0 Å². The molecule has 0 aliphatic rings. The number of benzene rings is 1. The smallest absolute Gasteiger partial charge is 0.275 e. The van der Waals surface area contributed by atoms with Crippen LogP contribution in [0.5, 0.6) is 5.75 Å². The minimum atomic E-state index is -0.369. The molecule has 0 unspecified atom stereocenters. The summed E-state index contributed by atoms with van der Waals surface area (Å²) in [5, 5.41) is 2.69. The number of carbonyl (C=O) groups is 1. The Morgan fingerprint density at radius 1 is 1.28 bits per heavy atom. The lowest BCUT2D eigenvalue weighted by atomic mass is 10.3. The fourth-order valence-corrected chi connectivity index (χ4v) is 1.39. The number of amides is 1. The van der Waals surface area contributed by atoms with Gasteiger partial charge in [-0.1, -0.05) is 12.1 Å². The van der Waals surface area contributed by atoms with Gasteiger partial charge in [-0.05, 0) is 12.1 Å². The summed E-state index contributed by atoms with van der Waals surface area (Å²) in [5.41, 5.74) is 6.16. The molecule has 0 fully saturated rings. The lowest BCUT2D eigenvalue weighted by Gasteiger charge is -2.09. The van der Waals surface area contributed by atoms with Crippen LogP contribution in [-0.2, 0) is 0 Å². The van der Waals surface area contributed by atoms with E-state index < -0.39 is 0 Å². The quantitative estimate of drug-likeness (QED) is 0.849. The van der Waals surface area contributed by atoms with Crippen LogP contribution >= 0.6 is 0 Å². The van der Waals surface area contributed by atoms with Crippen LogP contribution in [0.4, 0.5) is 11.5 Å². The van der Waals surface area contributed by atoms with Crippen molar-refractivity contribution in [1.82, 2.24) is 9.97 Å². The summed E-state index contributed by atoms with van der Waals surface area (Å²) in [6.45, 7) is 0. The zero-order valence-corrected chi connectivity index (χ0v) is 9.75. The summed E-state index contributed by atoms with van der Waals surface area (Å²) >= 11 is 0. The molecule has 1 aromatic heterocycles. The summed E-state index contributed by atoms with van der Waals surface area (Å²) in [6, 6.07) is 7.11. The number of hydrogen-bond donors (Lipinski definition) is 2. The molecule has 1 amide bonds. The highest BCUT2D eigenvalue weighted by atomic mass is 16.5. The normalized spacial score (nSPS) is 9.83. The molecule has 0 aliphatic heterocycles. The molecule has 6 heteroatoms. The fraction of sp³-hybridized carbons (Fsp3) is 0.0833. The second-order valence-corrected chi connectivity index (χ2v) is 3.48. The van der Waals surface area contributed by atoms with Crippen LogP contribution < -0.4 is 15.8 Å². The molecule has 0 atom stereocenters. The Kier molecular flexibility index (Phi) is 3.38. The summed E-state index contributed by atoms with van der Waals surface area (Å²) in [4.78, 5) is 19.6. The molecule has 92 valence electrons. The lowest BCUT2D eigenvalue weighted by Crippen LogP contribution is -2.14. The fourth-order valence-electron chi connectivity index (χ4n) is 1.39. The number of nitrogens with one attached hydrogen (secondary N) is 1. The maximum atomic E-state index is 11.9. The number of carbonyl (C=O) groups excluding carboxylic acids is 1. The van der Waals surface area contributed by atoms with Crippen molar-refractivity contribution in [3.8, 4) is 5.75 Å². The van der Waals surface area contributed by atoms with Gasteiger partial charge in [0.25, 0.3) is 5.91 Å². The third-order valence-corrected chi connectivity index (χ3v) is 2.26. The largest absolute Gasteiger partial charge is 0.495 e. The Balaban J connectivity index is 2.18. The van der Waals surface area contributed by atoms with Gasteiger partial charge in [0.15, 0.2) is 0 Å². The molecule has 0 saturated heterocycles. The molecular weight excluding hydrogens is 232 g/mol. The zero-order chi connectivity index (χ0) is 13.0. The van der Waals surface area contributed by atoms with Gasteiger partial charge >= 0.3 is 0 Å². The molecule has 2 rings (SSSR count). The first kappa shape index (κ1) is 11.8. The number of anilines is 2. The second-order valence-electron chi connectivity index (χ2n) is 3.48. The van der Waals surface area contributed by atoms with Crippen molar-refractivity contribution in [1.29, 1.82) is 0 Å². The third-order valence-electron chi connectivity index (χ3n) is 2.26. The van der Waals surface area contributed by atoms with Crippen LogP contribution in [0.3, 0.4) is 0 Å². The first-order valence-electron chi connectivity index (χ1n) is 5.22. The number of para-hydroxylation sites is 2. The monoisotopic (exact) mass is 244 g/mol. The van der Waals surface area contributed by atoms with Gasteiger partial charge in [-0.3, -0.25) is 4.79 Å². The van der Waals surface area contributed by atoms with E-state index >= 15 is 0 Å². The number of nitrogens with zero attached hydrogens (tertiary/aromatic N) is 2. The average molecular weight is 244 g/mol. The number of aromatic nitrogens is 2. The number of rotatable bonds is 3. The van der Waals surface area contributed by atoms with Crippen LogP contribution in [-0.4, -0.2) is 23.0 Å². The molecule has 18 heavy (non-hydrogen) atoms. The van der Waals surface area contributed by atoms with Crippen LogP contribution in [0.25, 0.3) is 0 Å². The zero-order valence-electron chi connectivity index (χ0n) is 9.75. The minimum absolute atomic E-state index is 0.190. The van der Waals surface area contributed by atoms with Crippen LogP contribution in [0.15, 0.2) is 36.7 Å². The molecule has 0 spiro atoms.